The standard InChI is InChI=1S/C47H94NO9P/c1-3-5-7-9-11-13-15-17-19-21-22-23-24-26-28-30-32-34-36-38-40-54-41-44(42-55-58(52,53)56-43-45(48)47(50)51)57-46(49)39-37-35-33-31-29-27-25-20-18-16-14-12-10-8-6-4-2/h44-45H,3-43,48H2,1-2H3,(H,50,51)(H,52,53). The zero-order chi connectivity index (χ0) is 42.6. The van der Waals surface area contributed by atoms with Crippen molar-refractivity contribution in [1.82, 2.24) is 0 Å². The number of carboxylic acids is 1. The van der Waals surface area contributed by atoms with Crippen molar-refractivity contribution in [3.63, 3.8) is 0 Å². The van der Waals surface area contributed by atoms with E-state index in [1.807, 2.05) is 0 Å². The fourth-order valence-electron chi connectivity index (χ4n) is 7.31. The second kappa shape index (κ2) is 44.0. The molecule has 0 radical (unpaired) electrons. The Morgan fingerprint density at radius 1 is 0.483 bits per heavy atom. The first kappa shape index (κ1) is 57.0. The Balaban J connectivity index is 4.10. The highest BCUT2D eigenvalue weighted by atomic mass is 31.2. The van der Waals surface area contributed by atoms with Crippen LogP contribution in [-0.4, -0.2) is 60.5 Å². The molecule has 10 nitrogen and oxygen atoms in total. The monoisotopic (exact) mass is 848 g/mol. The Morgan fingerprint density at radius 3 is 1.14 bits per heavy atom. The van der Waals surface area contributed by atoms with Crippen molar-refractivity contribution in [3.8, 4) is 0 Å². The van der Waals surface area contributed by atoms with Crippen LogP contribution in [0.3, 0.4) is 0 Å². The van der Waals surface area contributed by atoms with E-state index in [0.29, 0.717) is 6.61 Å². The molecule has 0 aromatic rings. The summed E-state index contributed by atoms with van der Waals surface area (Å²) in [4.78, 5) is 33.6. The van der Waals surface area contributed by atoms with E-state index in [4.69, 9.17) is 29.4 Å². The molecule has 58 heavy (non-hydrogen) atoms. The van der Waals surface area contributed by atoms with Crippen molar-refractivity contribution in [1.29, 1.82) is 0 Å². The van der Waals surface area contributed by atoms with Gasteiger partial charge in [-0.25, -0.2) is 4.57 Å². The maximum Gasteiger partial charge on any atom is 0.472 e. The summed E-state index contributed by atoms with van der Waals surface area (Å²) >= 11 is 0. The third kappa shape index (κ3) is 43.1. The van der Waals surface area contributed by atoms with Crippen molar-refractivity contribution in [2.75, 3.05) is 26.4 Å². The Bertz CT molecular complexity index is 940. The molecule has 3 unspecified atom stereocenters. The van der Waals surface area contributed by atoms with Crippen molar-refractivity contribution >= 4 is 19.8 Å². The van der Waals surface area contributed by atoms with Gasteiger partial charge in [-0.1, -0.05) is 232 Å². The van der Waals surface area contributed by atoms with Gasteiger partial charge in [0.05, 0.1) is 19.8 Å². The molecule has 0 heterocycles. The van der Waals surface area contributed by atoms with Gasteiger partial charge >= 0.3 is 19.8 Å². The highest BCUT2D eigenvalue weighted by molar-refractivity contribution is 7.47. The largest absolute Gasteiger partial charge is 0.480 e. The van der Waals surface area contributed by atoms with E-state index >= 15 is 0 Å². The third-order valence-corrected chi connectivity index (χ3v) is 12.1. The molecule has 4 N–H and O–H groups in total. The molecule has 0 aliphatic heterocycles. The molecular weight excluding hydrogens is 753 g/mol. The minimum absolute atomic E-state index is 0.0263. The lowest BCUT2D eigenvalue weighted by atomic mass is 10.0. The maximum absolute atomic E-state index is 12.7. The van der Waals surface area contributed by atoms with Crippen LogP contribution in [0.4, 0.5) is 0 Å². The van der Waals surface area contributed by atoms with Gasteiger partial charge in [-0.2, -0.15) is 0 Å². The molecule has 0 saturated heterocycles. The number of carboxylic acid groups (broad SMARTS) is 1. The van der Waals surface area contributed by atoms with Gasteiger partial charge < -0.3 is 25.2 Å². The molecule has 0 saturated carbocycles. The van der Waals surface area contributed by atoms with Crippen molar-refractivity contribution < 1.29 is 42.7 Å². The fourth-order valence-corrected chi connectivity index (χ4v) is 8.09. The topological polar surface area (TPSA) is 155 Å². The summed E-state index contributed by atoms with van der Waals surface area (Å²) in [5, 5.41) is 8.91. The van der Waals surface area contributed by atoms with Gasteiger partial charge in [-0.15, -0.1) is 0 Å². The van der Waals surface area contributed by atoms with Crippen LogP contribution in [0.1, 0.15) is 251 Å². The number of rotatable bonds is 48. The molecule has 0 bridgehead atoms. The zero-order valence-corrected chi connectivity index (χ0v) is 38.8. The highest BCUT2D eigenvalue weighted by Gasteiger charge is 2.27. The van der Waals surface area contributed by atoms with Crippen molar-refractivity contribution in [2.45, 2.75) is 264 Å². The minimum atomic E-state index is -4.61. The van der Waals surface area contributed by atoms with Gasteiger partial charge in [0, 0.05) is 13.0 Å². The van der Waals surface area contributed by atoms with Crippen LogP contribution in [0.5, 0.6) is 0 Å². The van der Waals surface area contributed by atoms with Crippen LogP contribution in [0.15, 0.2) is 0 Å². The van der Waals surface area contributed by atoms with Crippen LogP contribution >= 0.6 is 7.82 Å². The van der Waals surface area contributed by atoms with E-state index in [-0.39, 0.29) is 13.0 Å². The van der Waals surface area contributed by atoms with Gasteiger partial charge in [-0.05, 0) is 12.8 Å². The highest BCUT2D eigenvalue weighted by Crippen LogP contribution is 2.43. The van der Waals surface area contributed by atoms with Gasteiger partial charge in [0.2, 0.25) is 0 Å². The van der Waals surface area contributed by atoms with Gasteiger partial charge in [0.1, 0.15) is 12.1 Å². The SMILES string of the molecule is CCCCCCCCCCCCCCCCCCCCCCOCC(COP(=O)(O)OCC(N)C(=O)O)OC(=O)CCCCCCCCCCCCCCCCCC. The molecule has 0 amide bonds. The first-order chi connectivity index (χ1) is 28.2. The van der Waals surface area contributed by atoms with Crippen molar-refractivity contribution in [3.05, 3.63) is 0 Å². The number of phosphoric acid groups is 1. The van der Waals surface area contributed by atoms with Crippen molar-refractivity contribution in [2.24, 2.45) is 5.73 Å². The maximum atomic E-state index is 12.7. The number of hydrogen-bond acceptors (Lipinski definition) is 8. The number of unbranched alkanes of at least 4 members (excludes halogenated alkanes) is 34. The predicted molar refractivity (Wildman–Crippen MR) is 240 cm³/mol. The molecule has 0 spiro atoms. The summed E-state index contributed by atoms with van der Waals surface area (Å²) in [7, 11) is -4.61. The Kier molecular flexibility index (Phi) is 43.3. The number of carbonyl (C=O) groups is 2. The first-order valence-electron chi connectivity index (χ1n) is 24.6. The molecule has 0 fully saturated rings. The van der Waals surface area contributed by atoms with E-state index in [9.17, 15) is 19.0 Å². The average Bonchev–Trinajstić information content (AvgIpc) is 3.20. The molecular formula is C47H94NO9P. The molecule has 11 heteroatoms. The van der Waals surface area contributed by atoms with Gasteiger partial charge in [-0.3, -0.25) is 18.6 Å². The number of esters is 1. The minimum Gasteiger partial charge on any atom is -0.480 e. The normalized spacial score (nSPS) is 13.7. The lowest BCUT2D eigenvalue weighted by Crippen LogP contribution is -2.34. The molecule has 0 aromatic carbocycles. The van der Waals surface area contributed by atoms with E-state index in [1.165, 1.54) is 193 Å². The van der Waals surface area contributed by atoms with E-state index < -0.39 is 45.1 Å². The summed E-state index contributed by atoms with van der Waals surface area (Å²) in [6, 6.07) is -1.47. The van der Waals surface area contributed by atoms with Crippen LogP contribution in [0, 0.1) is 0 Å². The third-order valence-electron chi connectivity index (χ3n) is 11.1. The number of ether oxygens (including phenoxy) is 2. The second-order valence-corrected chi connectivity index (χ2v) is 18.4. The summed E-state index contributed by atoms with van der Waals surface area (Å²) in [5.74, 6) is -1.76. The van der Waals surface area contributed by atoms with E-state index in [0.717, 1.165) is 38.5 Å². The van der Waals surface area contributed by atoms with Crippen LogP contribution in [-0.2, 0) is 32.7 Å². The van der Waals surface area contributed by atoms with E-state index in [2.05, 4.69) is 13.8 Å². The molecule has 0 aliphatic rings. The van der Waals surface area contributed by atoms with E-state index in [1.54, 1.807) is 0 Å². The van der Waals surface area contributed by atoms with Gasteiger partial charge in [0.15, 0.2) is 0 Å². The quantitative estimate of drug-likeness (QED) is 0.0306. The molecule has 346 valence electrons. The molecule has 3 atom stereocenters. The summed E-state index contributed by atoms with van der Waals surface area (Å²) < 4.78 is 33.5. The lowest BCUT2D eigenvalue weighted by Gasteiger charge is -2.20. The molecule has 0 aromatic heterocycles. The second-order valence-electron chi connectivity index (χ2n) is 17.0. The summed E-state index contributed by atoms with van der Waals surface area (Å²) in [6.07, 6.45) is 45.8. The summed E-state index contributed by atoms with van der Waals surface area (Å²) in [5.41, 5.74) is 5.37. The first-order valence-corrected chi connectivity index (χ1v) is 26.1. The number of carbonyl (C=O) groups excluding carboxylic acids is 1. The van der Waals surface area contributed by atoms with Crippen LogP contribution < -0.4 is 5.73 Å². The number of nitrogens with two attached hydrogens (primary N) is 1. The zero-order valence-electron chi connectivity index (χ0n) is 37.9. The number of aliphatic carboxylic acids is 1. The van der Waals surface area contributed by atoms with Gasteiger partial charge in [0.25, 0.3) is 0 Å². The predicted octanol–water partition coefficient (Wildman–Crippen LogP) is 13.9. The lowest BCUT2D eigenvalue weighted by molar-refractivity contribution is -0.154. The smallest absolute Gasteiger partial charge is 0.472 e. The average molecular weight is 848 g/mol. The number of hydrogen-bond donors (Lipinski definition) is 3. The Morgan fingerprint density at radius 2 is 0.793 bits per heavy atom. The fraction of sp³-hybridized carbons (Fsp3) is 0.957. The van der Waals surface area contributed by atoms with Crippen LogP contribution in [0.2, 0.25) is 0 Å². The Hall–Kier alpha value is -1.03. The Labute approximate surface area is 357 Å². The summed E-state index contributed by atoms with van der Waals surface area (Å²) in [6.45, 7) is 3.95. The van der Waals surface area contributed by atoms with Crippen LogP contribution in [0.25, 0.3) is 0 Å². The molecule has 0 aliphatic carbocycles. The number of phosphoric ester groups is 1. The molecule has 0 rings (SSSR count).